The zero-order chi connectivity index (χ0) is 21.7. The van der Waals surface area contributed by atoms with E-state index in [0.29, 0.717) is 0 Å². The maximum Gasteiger partial charge on any atom is 0.460 e. The molecule has 0 atom stereocenters. The summed E-state index contributed by atoms with van der Waals surface area (Å²) < 4.78 is 171. The average molecular weight is 460 g/mol. The molecule has 0 aromatic heterocycles. The highest BCUT2D eigenvalue weighted by Crippen LogP contribution is 2.54. The molecule has 17 heteroatoms. The first-order valence-corrected chi connectivity index (χ1v) is 9.80. The van der Waals surface area contributed by atoms with Crippen molar-refractivity contribution < 1.29 is 60.9 Å². The highest BCUT2D eigenvalue weighted by atomic mass is 32.2. The molecule has 162 valence electrons. The summed E-state index contributed by atoms with van der Waals surface area (Å²) in [6.07, 6.45) is -9.53. The Labute approximate surface area is 146 Å². The molecule has 0 bridgehead atoms. The van der Waals surface area contributed by atoms with Gasteiger partial charge in [-0.3, -0.25) is 0 Å². The molecule has 0 spiro atoms. The summed E-state index contributed by atoms with van der Waals surface area (Å²) in [5.74, 6) is -14.7. The maximum atomic E-state index is 13.5. The Morgan fingerprint density at radius 1 is 0.741 bits per heavy atom. The van der Waals surface area contributed by atoms with E-state index in [1.165, 1.54) is 0 Å². The van der Waals surface area contributed by atoms with Gasteiger partial charge in [-0.05, 0) is 25.7 Å². The SMILES string of the molecule is O=S(=O)([O-])C1CCC(NS(=O)(=O)C(F)(F)C(F)(F)C(F)(F)C(F)(F)F)CC1. The van der Waals surface area contributed by atoms with Gasteiger partial charge in [-0.1, -0.05) is 0 Å². The van der Waals surface area contributed by atoms with E-state index in [2.05, 4.69) is 0 Å². The van der Waals surface area contributed by atoms with Crippen molar-refractivity contribution in [1.29, 1.82) is 0 Å². The Morgan fingerprint density at radius 2 is 1.15 bits per heavy atom. The van der Waals surface area contributed by atoms with Crippen LogP contribution in [0.2, 0.25) is 0 Å². The average Bonchev–Trinajstić information content (AvgIpc) is 2.44. The fraction of sp³-hybridized carbons (Fsp3) is 1.00. The molecule has 6 nitrogen and oxygen atoms in total. The van der Waals surface area contributed by atoms with E-state index in [4.69, 9.17) is 0 Å². The summed E-state index contributed by atoms with van der Waals surface area (Å²) in [6.45, 7) is 0. The van der Waals surface area contributed by atoms with Gasteiger partial charge in [-0.2, -0.15) is 39.5 Å². The molecule has 27 heavy (non-hydrogen) atoms. The Kier molecular flexibility index (Phi) is 6.20. The van der Waals surface area contributed by atoms with Crippen molar-refractivity contribution in [2.24, 2.45) is 0 Å². The van der Waals surface area contributed by atoms with E-state index < -0.39 is 80.4 Å². The van der Waals surface area contributed by atoms with E-state index >= 15 is 0 Å². The van der Waals surface area contributed by atoms with Crippen LogP contribution in [-0.2, 0) is 20.1 Å². The second-order valence-electron chi connectivity index (χ2n) is 5.75. The monoisotopic (exact) mass is 460 g/mol. The van der Waals surface area contributed by atoms with E-state index in [9.17, 15) is 60.9 Å². The Hall–Kier alpha value is -0.810. The van der Waals surface area contributed by atoms with Crippen LogP contribution in [0.25, 0.3) is 0 Å². The molecule has 0 saturated heterocycles. The zero-order valence-electron chi connectivity index (χ0n) is 12.7. The quantitative estimate of drug-likeness (QED) is 0.484. The lowest BCUT2D eigenvalue weighted by atomic mass is 9.96. The first-order chi connectivity index (χ1) is 11.7. The van der Waals surface area contributed by atoms with Crippen LogP contribution in [0.4, 0.5) is 39.5 Å². The van der Waals surface area contributed by atoms with E-state index in [-0.39, 0.29) is 0 Å². The van der Waals surface area contributed by atoms with Gasteiger partial charge in [0.2, 0.25) is 0 Å². The summed E-state index contributed by atoms with van der Waals surface area (Å²) in [7, 11) is -11.6. The molecule has 1 fully saturated rings. The summed E-state index contributed by atoms with van der Waals surface area (Å²) in [4.78, 5) is 0. The van der Waals surface area contributed by atoms with E-state index in [1.807, 2.05) is 0 Å². The molecule has 0 amide bonds. The van der Waals surface area contributed by atoms with Crippen molar-refractivity contribution in [3.05, 3.63) is 0 Å². The molecule has 0 aromatic carbocycles. The van der Waals surface area contributed by atoms with Gasteiger partial charge >= 0.3 is 23.3 Å². The minimum Gasteiger partial charge on any atom is -0.748 e. The number of rotatable bonds is 6. The van der Waals surface area contributed by atoms with Crippen LogP contribution in [0.5, 0.6) is 0 Å². The zero-order valence-corrected chi connectivity index (χ0v) is 14.4. The first kappa shape index (κ1) is 24.2. The van der Waals surface area contributed by atoms with Crippen molar-refractivity contribution in [3.8, 4) is 0 Å². The molecule has 0 aromatic rings. The number of hydrogen-bond donors (Lipinski definition) is 1. The molecule has 0 radical (unpaired) electrons. The third kappa shape index (κ3) is 4.29. The lowest BCUT2D eigenvalue weighted by Gasteiger charge is -2.35. The predicted octanol–water partition coefficient (Wildman–Crippen LogP) is 2.19. The normalized spacial score (nSPS) is 24.1. The number of sulfonamides is 1. The number of alkyl halides is 9. The second kappa shape index (κ2) is 6.91. The molecule has 0 aliphatic heterocycles. The third-order valence-corrected chi connectivity index (χ3v) is 6.72. The minimum atomic E-state index is -7.37. The highest BCUT2D eigenvalue weighted by Gasteiger charge is 2.85. The van der Waals surface area contributed by atoms with Crippen LogP contribution in [0.3, 0.4) is 0 Å². The smallest absolute Gasteiger partial charge is 0.460 e. The molecule has 1 aliphatic rings. The molecule has 0 unspecified atom stereocenters. The molecule has 1 N–H and O–H groups in total. The Bertz CT molecular complexity index is 754. The van der Waals surface area contributed by atoms with Crippen molar-refractivity contribution >= 4 is 20.1 Å². The Balaban J connectivity index is 3.06. The summed E-state index contributed by atoms with van der Waals surface area (Å²) in [5, 5.41) is -8.37. The van der Waals surface area contributed by atoms with E-state index in [0.717, 1.165) is 4.72 Å². The van der Waals surface area contributed by atoms with Gasteiger partial charge in [0, 0.05) is 11.3 Å². The number of hydrogen-bond acceptors (Lipinski definition) is 5. The van der Waals surface area contributed by atoms with Crippen molar-refractivity contribution in [1.82, 2.24) is 4.72 Å². The fourth-order valence-electron chi connectivity index (χ4n) is 2.29. The van der Waals surface area contributed by atoms with Gasteiger partial charge in [0.15, 0.2) is 0 Å². The van der Waals surface area contributed by atoms with Crippen molar-refractivity contribution in [2.45, 2.75) is 60.3 Å². The van der Waals surface area contributed by atoms with Crippen LogP contribution in [-0.4, -0.2) is 56.0 Å². The highest BCUT2D eigenvalue weighted by molar-refractivity contribution is 7.90. The first-order valence-electron chi connectivity index (χ1n) is 6.85. The van der Waals surface area contributed by atoms with Crippen LogP contribution in [0.15, 0.2) is 0 Å². The van der Waals surface area contributed by atoms with E-state index in [1.54, 1.807) is 0 Å². The van der Waals surface area contributed by atoms with Gasteiger partial charge in [0.25, 0.3) is 10.0 Å². The molecule has 0 heterocycles. The van der Waals surface area contributed by atoms with Gasteiger partial charge < -0.3 is 4.55 Å². The lowest BCUT2D eigenvalue weighted by molar-refractivity contribution is -0.382. The van der Waals surface area contributed by atoms with Crippen LogP contribution in [0, 0.1) is 0 Å². The molecular formula is C10H11F9NO5S2-. The van der Waals surface area contributed by atoms with Crippen LogP contribution in [0.1, 0.15) is 25.7 Å². The van der Waals surface area contributed by atoms with Crippen LogP contribution < -0.4 is 4.72 Å². The summed E-state index contributed by atoms with van der Waals surface area (Å²) in [5.41, 5.74) is 0. The van der Waals surface area contributed by atoms with Gasteiger partial charge in [0.1, 0.15) is 0 Å². The van der Waals surface area contributed by atoms with Crippen molar-refractivity contribution in [2.75, 3.05) is 0 Å². The molecule has 1 saturated carbocycles. The lowest BCUT2D eigenvalue weighted by Crippen LogP contribution is -2.65. The summed E-state index contributed by atoms with van der Waals surface area (Å²) >= 11 is 0. The number of nitrogens with one attached hydrogen (secondary N) is 1. The van der Waals surface area contributed by atoms with Gasteiger partial charge in [0.05, 0.1) is 10.1 Å². The number of halogens is 9. The molecule has 1 aliphatic carbocycles. The van der Waals surface area contributed by atoms with Crippen molar-refractivity contribution in [3.63, 3.8) is 0 Å². The molecular weight excluding hydrogens is 449 g/mol. The van der Waals surface area contributed by atoms with Gasteiger partial charge in [-0.25, -0.2) is 21.6 Å². The second-order valence-corrected chi connectivity index (χ2v) is 9.16. The van der Waals surface area contributed by atoms with Crippen LogP contribution >= 0.6 is 0 Å². The fourth-order valence-corrected chi connectivity index (χ4v) is 4.43. The predicted molar refractivity (Wildman–Crippen MR) is 68.7 cm³/mol. The summed E-state index contributed by atoms with van der Waals surface area (Å²) in [6, 6.07) is -1.67. The minimum absolute atomic E-state index is 0.556. The van der Waals surface area contributed by atoms with Gasteiger partial charge in [-0.15, -0.1) is 0 Å². The molecule has 1 rings (SSSR count). The largest absolute Gasteiger partial charge is 0.748 e. The third-order valence-electron chi connectivity index (χ3n) is 3.86. The standard InChI is InChI=1S/C10H12F9NO5S2/c11-7(12,9(15,16)17)8(13,14)10(18,19)27(24,25)20-5-1-3-6(4-2-5)26(21,22)23/h5-6,20H,1-4H2,(H,21,22,23)/p-1. The Morgan fingerprint density at radius 3 is 1.48 bits per heavy atom. The maximum absolute atomic E-state index is 13.5. The topological polar surface area (TPSA) is 103 Å².